The van der Waals surface area contributed by atoms with Crippen LogP contribution < -0.4 is 5.56 Å². The minimum absolute atomic E-state index is 0.0156. The van der Waals surface area contributed by atoms with Gasteiger partial charge in [0.05, 0.1) is 6.04 Å². The molecule has 1 aromatic heterocycles. The Hall–Kier alpha value is -2.96. The number of rotatable bonds is 2. The lowest BCUT2D eigenvalue weighted by atomic mass is 10.0. The molecule has 0 saturated carbocycles. The molecular weight excluding hydrogens is 308 g/mol. The molecule has 1 atom stereocenters. The highest BCUT2D eigenvalue weighted by molar-refractivity contribution is 5.92. The summed E-state index contributed by atoms with van der Waals surface area (Å²) in [4.78, 5) is 39.1. The molecule has 1 N–H and O–H groups in total. The molecule has 3 rings (SSSR count). The molecule has 0 bridgehead atoms. The minimum Gasteiger partial charge on any atom is -0.333 e. The van der Waals surface area contributed by atoms with Crippen molar-refractivity contribution in [2.24, 2.45) is 0 Å². The second-order valence-electron chi connectivity index (χ2n) is 5.70. The minimum atomic E-state index is -0.352. The Morgan fingerprint density at radius 2 is 1.88 bits per heavy atom. The lowest BCUT2D eigenvalue weighted by Crippen LogP contribution is -2.52. The van der Waals surface area contributed by atoms with Crippen molar-refractivity contribution in [1.29, 1.82) is 0 Å². The lowest BCUT2D eigenvalue weighted by Gasteiger charge is -2.41. The van der Waals surface area contributed by atoms with Gasteiger partial charge < -0.3 is 9.80 Å². The fraction of sp³-hybridized carbons (Fsp3) is 0.294. The average molecular weight is 326 g/mol. The fourth-order valence-electron chi connectivity index (χ4n) is 2.93. The number of H-pyrrole nitrogens is 1. The second-order valence-corrected chi connectivity index (χ2v) is 5.70. The van der Waals surface area contributed by atoms with Crippen LogP contribution in [0.2, 0.25) is 0 Å². The third kappa shape index (κ3) is 3.19. The van der Waals surface area contributed by atoms with Gasteiger partial charge in [0.15, 0.2) is 0 Å². The fourth-order valence-corrected chi connectivity index (χ4v) is 2.93. The second kappa shape index (κ2) is 6.66. The van der Waals surface area contributed by atoms with Crippen LogP contribution in [0.3, 0.4) is 0 Å². The van der Waals surface area contributed by atoms with Gasteiger partial charge in [-0.3, -0.25) is 14.4 Å². The molecular formula is C17H18N4O3. The van der Waals surface area contributed by atoms with Gasteiger partial charge >= 0.3 is 0 Å². The van der Waals surface area contributed by atoms with Gasteiger partial charge in [-0.2, -0.15) is 5.10 Å². The average Bonchev–Trinajstić information content (AvgIpc) is 2.62. The van der Waals surface area contributed by atoms with Crippen molar-refractivity contribution in [3.63, 3.8) is 0 Å². The molecule has 124 valence electrons. The number of hydrogen-bond donors (Lipinski definition) is 1. The van der Waals surface area contributed by atoms with Crippen molar-refractivity contribution in [2.75, 3.05) is 19.6 Å². The number of carbonyl (C=O) groups excluding carboxylic acids is 2. The number of aromatic amines is 1. The first-order chi connectivity index (χ1) is 11.6. The van der Waals surface area contributed by atoms with E-state index in [0.717, 1.165) is 5.56 Å². The van der Waals surface area contributed by atoms with Gasteiger partial charge in [0, 0.05) is 32.6 Å². The highest BCUT2D eigenvalue weighted by atomic mass is 16.2. The predicted octanol–water partition coefficient (Wildman–Crippen LogP) is 0.815. The molecule has 2 aromatic rings. The van der Waals surface area contributed by atoms with E-state index >= 15 is 0 Å². The largest absolute Gasteiger partial charge is 0.333 e. The number of benzene rings is 1. The van der Waals surface area contributed by atoms with Gasteiger partial charge in [0.2, 0.25) is 5.91 Å². The lowest BCUT2D eigenvalue weighted by molar-refractivity contribution is -0.133. The maximum Gasteiger partial charge on any atom is 0.274 e. The number of nitrogens with one attached hydrogen (secondary N) is 1. The summed E-state index contributed by atoms with van der Waals surface area (Å²) in [5, 5.41) is 6.07. The van der Waals surface area contributed by atoms with Crippen molar-refractivity contribution in [3.8, 4) is 0 Å². The van der Waals surface area contributed by atoms with E-state index in [1.165, 1.54) is 19.1 Å². The molecule has 1 aromatic carbocycles. The summed E-state index contributed by atoms with van der Waals surface area (Å²) in [5.74, 6) is -0.270. The van der Waals surface area contributed by atoms with E-state index in [4.69, 9.17) is 0 Å². The van der Waals surface area contributed by atoms with Crippen molar-refractivity contribution in [1.82, 2.24) is 20.0 Å². The number of hydrogen-bond acceptors (Lipinski definition) is 4. The van der Waals surface area contributed by atoms with E-state index < -0.39 is 0 Å². The molecule has 2 amide bonds. The molecule has 24 heavy (non-hydrogen) atoms. The number of amides is 2. The molecule has 0 spiro atoms. The van der Waals surface area contributed by atoms with Crippen molar-refractivity contribution in [2.45, 2.75) is 13.0 Å². The molecule has 1 aliphatic rings. The number of piperazine rings is 1. The van der Waals surface area contributed by atoms with Gasteiger partial charge in [-0.1, -0.05) is 30.3 Å². The van der Waals surface area contributed by atoms with Gasteiger partial charge in [0.1, 0.15) is 5.69 Å². The van der Waals surface area contributed by atoms with Gasteiger partial charge in [0.25, 0.3) is 11.5 Å². The zero-order valence-electron chi connectivity index (χ0n) is 13.3. The number of nitrogens with zero attached hydrogens (tertiary/aromatic N) is 3. The topological polar surface area (TPSA) is 86.4 Å². The van der Waals surface area contributed by atoms with Crippen LogP contribution >= 0.6 is 0 Å². The van der Waals surface area contributed by atoms with E-state index in [1.54, 1.807) is 9.80 Å². The molecule has 1 fully saturated rings. The standard InChI is InChI=1S/C17H18N4O3/c1-12(22)21-10-9-20(11-15(21)13-5-3-2-4-6-13)17(24)14-7-8-16(23)19-18-14/h2-8,15H,9-11H2,1H3,(H,19,23)/t15-/m0/s1. The monoisotopic (exact) mass is 326 g/mol. The number of aromatic nitrogens is 2. The smallest absolute Gasteiger partial charge is 0.274 e. The van der Waals surface area contributed by atoms with Crippen LogP contribution in [0.15, 0.2) is 47.3 Å². The Morgan fingerprint density at radius 3 is 2.50 bits per heavy atom. The zero-order valence-corrected chi connectivity index (χ0v) is 13.3. The first-order valence-corrected chi connectivity index (χ1v) is 7.73. The molecule has 0 aliphatic carbocycles. The Morgan fingerprint density at radius 1 is 1.12 bits per heavy atom. The summed E-state index contributed by atoms with van der Waals surface area (Å²) < 4.78 is 0. The molecule has 7 nitrogen and oxygen atoms in total. The van der Waals surface area contributed by atoms with Crippen LogP contribution in [0.4, 0.5) is 0 Å². The third-order valence-electron chi connectivity index (χ3n) is 4.15. The van der Waals surface area contributed by atoms with Crippen LogP contribution in [-0.2, 0) is 4.79 Å². The van der Waals surface area contributed by atoms with Crippen LogP contribution in [0.5, 0.6) is 0 Å². The van der Waals surface area contributed by atoms with Crippen molar-refractivity contribution < 1.29 is 9.59 Å². The van der Waals surface area contributed by atoms with E-state index in [0.29, 0.717) is 19.6 Å². The maximum atomic E-state index is 12.6. The third-order valence-corrected chi connectivity index (χ3v) is 4.15. The summed E-state index contributed by atoms with van der Waals surface area (Å²) >= 11 is 0. The van der Waals surface area contributed by atoms with E-state index in [-0.39, 0.29) is 29.1 Å². The highest BCUT2D eigenvalue weighted by Gasteiger charge is 2.32. The Bertz CT molecular complexity index is 782. The van der Waals surface area contributed by atoms with Gasteiger partial charge in [-0.05, 0) is 11.6 Å². The Balaban J connectivity index is 1.84. The van der Waals surface area contributed by atoms with Gasteiger partial charge in [-0.15, -0.1) is 0 Å². The van der Waals surface area contributed by atoms with Crippen LogP contribution in [-0.4, -0.2) is 51.4 Å². The van der Waals surface area contributed by atoms with Crippen molar-refractivity contribution in [3.05, 3.63) is 64.1 Å². The normalized spacial score (nSPS) is 17.6. The van der Waals surface area contributed by atoms with Gasteiger partial charge in [-0.25, -0.2) is 5.10 Å². The van der Waals surface area contributed by atoms with Crippen LogP contribution in [0.25, 0.3) is 0 Å². The number of carbonyl (C=O) groups is 2. The molecule has 0 unspecified atom stereocenters. The summed E-state index contributed by atoms with van der Waals surface area (Å²) in [6, 6.07) is 12.1. The quantitative estimate of drug-likeness (QED) is 0.885. The summed E-state index contributed by atoms with van der Waals surface area (Å²) in [5.41, 5.74) is 0.826. The summed E-state index contributed by atoms with van der Waals surface area (Å²) in [6.07, 6.45) is 0. The summed E-state index contributed by atoms with van der Waals surface area (Å²) in [6.45, 7) is 2.83. The first kappa shape index (κ1) is 15.9. The van der Waals surface area contributed by atoms with E-state index in [9.17, 15) is 14.4 Å². The SMILES string of the molecule is CC(=O)N1CCN(C(=O)c2ccc(=O)[nH]n2)C[C@H]1c1ccccc1. The van der Waals surface area contributed by atoms with Crippen molar-refractivity contribution >= 4 is 11.8 Å². The Labute approximate surface area is 138 Å². The molecule has 2 heterocycles. The van der Waals surface area contributed by atoms with E-state index in [1.807, 2.05) is 30.3 Å². The molecule has 1 aliphatic heterocycles. The zero-order chi connectivity index (χ0) is 17.1. The molecule has 7 heteroatoms. The van der Waals surface area contributed by atoms with Crippen LogP contribution in [0, 0.1) is 0 Å². The maximum absolute atomic E-state index is 12.6. The molecule has 1 saturated heterocycles. The van der Waals surface area contributed by atoms with Crippen LogP contribution in [0.1, 0.15) is 29.0 Å². The van der Waals surface area contributed by atoms with E-state index in [2.05, 4.69) is 10.2 Å². The summed E-state index contributed by atoms with van der Waals surface area (Å²) in [7, 11) is 0. The predicted molar refractivity (Wildman–Crippen MR) is 87.3 cm³/mol. The molecule has 0 radical (unpaired) electrons. The first-order valence-electron chi connectivity index (χ1n) is 7.73. The Kier molecular flexibility index (Phi) is 4.41. The highest BCUT2D eigenvalue weighted by Crippen LogP contribution is 2.26.